The Bertz CT molecular complexity index is 2400. The van der Waals surface area contributed by atoms with E-state index in [1.54, 1.807) is 0 Å². The molecule has 6 aromatic carbocycles. The highest BCUT2D eigenvalue weighted by atomic mass is 35.5. The number of carbonyl (C=O) groups is 3. The second kappa shape index (κ2) is 20.6. The predicted molar refractivity (Wildman–Crippen MR) is 249 cm³/mol. The van der Waals surface area contributed by atoms with Gasteiger partial charge in [0.05, 0.1) is 0 Å². The van der Waals surface area contributed by atoms with Gasteiger partial charge in [0.2, 0.25) is 5.91 Å². The molecule has 9 heteroatoms. The van der Waals surface area contributed by atoms with Crippen LogP contribution in [-0.4, -0.2) is 53.7 Å². The number of carboxylic acids is 1. The van der Waals surface area contributed by atoms with Crippen LogP contribution in [0.25, 0.3) is 16.7 Å². The summed E-state index contributed by atoms with van der Waals surface area (Å²) in [5, 5.41) is 12.5. The van der Waals surface area contributed by atoms with Gasteiger partial charge in [0.15, 0.2) is 0 Å². The zero-order valence-corrected chi connectivity index (χ0v) is 36.0. The van der Waals surface area contributed by atoms with Gasteiger partial charge in [-0.15, -0.1) is 11.6 Å². The first-order valence-electron chi connectivity index (χ1n) is 21.1. The number of piperidine rings is 1. The molecule has 1 fully saturated rings. The number of nitrogens with one attached hydrogen (secondary N) is 1. The van der Waals surface area contributed by atoms with Crippen LogP contribution in [0.15, 0.2) is 164 Å². The van der Waals surface area contributed by atoms with E-state index in [1.165, 1.54) is 0 Å². The SMILES string of the molecule is C=C(CCC(=O)O)c1ccc(C[C@H](NC(=O)OCC2c3ccccc3-c3ccccc32)C(=O)N2CCCCC2)cc1.Clc1ccccc1C(Cl)(c1ccccc1)c1ccccc1. The maximum Gasteiger partial charge on any atom is 0.407 e. The number of carboxylic acid groups (broad SMARTS) is 1. The summed E-state index contributed by atoms with van der Waals surface area (Å²) in [5.74, 6) is -1.03. The van der Waals surface area contributed by atoms with Crippen molar-refractivity contribution in [1.82, 2.24) is 10.2 Å². The first kappa shape index (κ1) is 43.9. The summed E-state index contributed by atoms with van der Waals surface area (Å²) in [6.45, 7) is 5.55. The van der Waals surface area contributed by atoms with Crippen molar-refractivity contribution in [2.45, 2.75) is 55.4 Å². The van der Waals surface area contributed by atoms with E-state index in [1.807, 2.05) is 138 Å². The third-order valence-electron chi connectivity index (χ3n) is 11.6. The Morgan fingerprint density at radius 1 is 0.710 bits per heavy atom. The Morgan fingerprint density at radius 2 is 1.24 bits per heavy atom. The number of hydrogen-bond acceptors (Lipinski definition) is 4. The van der Waals surface area contributed by atoms with E-state index in [9.17, 15) is 14.4 Å². The highest BCUT2D eigenvalue weighted by Crippen LogP contribution is 2.46. The first-order valence-corrected chi connectivity index (χ1v) is 21.8. The van der Waals surface area contributed by atoms with Crippen LogP contribution in [0.1, 0.15) is 77.0 Å². The standard InChI is InChI=1S/C34H36N2O5.C19H14Cl2/c1-23(13-18-32(37)38)25-16-14-24(15-17-25)21-31(33(39)36-19-7-2-8-20-36)35-34(40)41-22-30-28-11-5-3-9-26(28)27-10-4-6-12-29(27)30;20-18-14-8-7-13-17(18)19(21,15-9-3-1-4-10-15)16-11-5-2-6-12-16/h3-6,9-12,14-17,30-31H,1-2,7-8,13,18-22H2,(H,35,40)(H,37,38);1-14H/t31-;/m0./s1. The second-order valence-electron chi connectivity index (χ2n) is 15.7. The number of aliphatic carboxylic acids is 1. The molecule has 6 aromatic rings. The van der Waals surface area contributed by atoms with Gasteiger partial charge >= 0.3 is 12.1 Å². The van der Waals surface area contributed by atoms with E-state index in [4.69, 9.17) is 33.0 Å². The van der Waals surface area contributed by atoms with Crippen LogP contribution in [0.4, 0.5) is 4.79 Å². The Balaban J connectivity index is 0.000000230. The Hall–Kier alpha value is -6.15. The molecule has 62 heavy (non-hydrogen) atoms. The normalized spacial score (nSPS) is 13.7. The zero-order valence-electron chi connectivity index (χ0n) is 34.5. The van der Waals surface area contributed by atoms with Crippen molar-refractivity contribution in [2.75, 3.05) is 19.7 Å². The van der Waals surface area contributed by atoms with Crippen LogP contribution in [-0.2, 0) is 25.6 Å². The number of benzene rings is 6. The Morgan fingerprint density at radius 3 is 1.81 bits per heavy atom. The van der Waals surface area contributed by atoms with Gasteiger partial charge in [-0.1, -0.05) is 170 Å². The molecule has 1 heterocycles. The van der Waals surface area contributed by atoms with E-state index in [0.29, 0.717) is 31.0 Å². The molecule has 8 rings (SSSR count). The zero-order chi connectivity index (χ0) is 43.5. The summed E-state index contributed by atoms with van der Waals surface area (Å²) in [5.41, 5.74) is 9.97. The molecule has 2 aliphatic rings. The number of carbonyl (C=O) groups excluding carboxylic acids is 2. The largest absolute Gasteiger partial charge is 0.481 e. The average molecular weight is 866 g/mol. The maximum absolute atomic E-state index is 13.5. The molecule has 0 saturated carbocycles. The lowest BCUT2D eigenvalue weighted by molar-refractivity contribution is -0.137. The van der Waals surface area contributed by atoms with Crippen LogP contribution >= 0.6 is 23.2 Å². The molecule has 7 nitrogen and oxygen atoms in total. The van der Waals surface area contributed by atoms with Gasteiger partial charge in [-0.3, -0.25) is 9.59 Å². The van der Waals surface area contributed by atoms with Crippen molar-refractivity contribution in [1.29, 1.82) is 0 Å². The van der Waals surface area contributed by atoms with Crippen molar-refractivity contribution in [3.05, 3.63) is 208 Å². The molecule has 2 N–H and O–H groups in total. The molecular formula is C53H50Cl2N2O5. The lowest BCUT2D eigenvalue weighted by Gasteiger charge is -2.30. The number of hydrogen-bond donors (Lipinski definition) is 2. The van der Waals surface area contributed by atoms with Crippen molar-refractivity contribution in [2.24, 2.45) is 0 Å². The minimum atomic E-state index is -0.860. The van der Waals surface area contributed by atoms with Gasteiger partial charge in [-0.2, -0.15) is 0 Å². The molecule has 0 spiro atoms. The molecule has 0 aromatic heterocycles. The quantitative estimate of drug-likeness (QED) is 0.0890. The average Bonchev–Trinajstić information content (AvgIpc) is 3.64. The molecule has 2 amide bonds. The van der Waals surface area contributed by atoms with Crippen LogP contribution in [0.5, 0.6) is 0 Å². The summed E-state index contributed by atoms with van der Waals surface area (Å²) >= 11 is 13.6. The number of rotatable bonds is 13. The number of alkyl halides is 1. The fraction of sp³-hybridized carbons (Fsp3) is 0.226. The number of nitrogens with zero attached hydrogens (tertiary/aromatic N) is 1. The molecule has 316 valence electrons. The van der Waals surface area contributed by atoms with Crippen molar-refractivity contribution in [3.63, 3.8) is 0 Å². The predicted octanol–water partition coefficient (Wildman–Crippen LogP) is 11.9. The number of ether oxygens (including phenoxy) is 1. The van der Waals surface area contributed by atoms with E-state index in [-0.39, 0.29) is 24.9 Å². The Kier molecular flexibility index (Phi) is 14.6. The van der Waals surface area contributed by atoms with Crippen molar-refractivity contribution < 1.29 is 24.2 Å². The molecular weight excluding hydrogens is 815 g/mol. The smallest absolute Gasteiger partial charge is 0.407 e. The van der Waals surface area contributed by atoms with Crippen molar-refractivity contribution >= 4 is 46.7 Å². The molecule has 1 saturated heterocycles. The summed E-state index contributed by atoms with van der Waals surface area (Å²) in [4.78, 5) is 38.6. The maximum atomic E-state index is 13.5. The van der Waals surface area contributed by atoms with Gasteiger partial charge in [-0.05, 0) is 81.8 Å². The van der Waals surface area contributed by atoms with Crippen molar-refractivity contribution in [3.8, 4) is 11.1 Å². The second-order valence-corrected chi connectivity index (χ2v) is 16.7. The third kappa shape index (κ3) is 10.3. The number of fused-ring (bicyclic) bond motifs is 3. The third-order valence-corrected chi connectivity index (χ3v) is 12.6. The van der Waals surface area contributed by atoms with Gasteiger partial charge in [-0.25, -0.2) is 4.79 Å². The minimum Gasteiger partial charge on any atom is -0.481 e. The molecule has 0 unspecified atom stereocenters. The van der Waals surface area contributed by atoms with E-state index in [2.05, 4.69) is 36.2 Å². The number of alkyl carbamates (subject to hydrolysis) is 1. The monoisotopic (exact) mass is 864 g/mol. The van der Waals surface area contributed by atoms with Gasteiger partial charge in [0.25, 0.3) is 0 Å². The number of halogens is 2. The van der Waals surface area contributed by atoms with Gasteiger partial charge < -0.3 is 20.1 Å². The van der Waals surface area contributed by atoms with E-state index >= 15 is 0 Å². The van der Waals surface area contributed by atoms with E-state index < -0.39 is 23.0 Å². The molecule has 1 atom stereocenters. The summed E-state index contributed by atoms with van der Waals surface area (Å²) in [6, 6.07) is 51.0. The Labute approximate surface area is 374 Å². The molecule has 0 bridgehead atoms. The number of allylic oxidation sites excluding steroid dienone is 1. The lowest BCUT2D eigenvalue weighted by atomic mass is 9.84. The highest BCUT2D eigenvalue weighted by molar-refractivity contribution is 6.34. The molecule has 0 radical (unpaired) electrons. The fourth-order valence-electron chi connectivity index (χ4n) is 8.39. The highest BCUT2D eigenvalue weighted by Gasteiger charge is 2.36. The van der Waals surface area contributed by atoms with Crippen LogP contribution in [0, 0.1) is 0 Å². The molecule has 1 aliphatic carbocycles. The van der Waals surface area contributed by atoms with E-state index in [0.717, 1.165) is 74.9 Å². The van der Waals surface area contributed by atoms with Crippen LogP contribution in [0.3, 0.4) is 0 Å². The van der Waals surface area contributed by atoms with Gasteiger partial charge in [0, 0.05) is 42.4 Å². The minimum absolute atomic E-state index is 0.0249. The van der Waals surface area contributed by atoms with Crippen LogP contribution in [0.2, 0.25) is 5.02 Å². The number of likely N-dealkylation sites (tertiary alicyclic amines) is 1. The lowest BCUT2D eigenvalue weighted by Crippen LogP contribution is -2.51. The fourth-order valence-corrected chi connectivity index (χ4v) is 9.13. The summed E-state index contributed by atoms with van der Waals surface area (Å²) < 4.78 is 5.76. The summed E-state index contributed by atoms with van der Waals surface area (Å²) in [6.07, 6.45) is 3.11. The molecule has 1 aliphatic heterocycles. The van der Waals surface area contributed by atoms with Crippen LogP contribution < -0.4 is 5.32 Å². The first-order chi connectivity index (χ1) is 30.1. The number of amides is 2. The summed E-state index contributed by atoms with van der Waals surface area (Å²) in [7, 11) is 0. The topological polar surface area (TPSA) is 95.9 Å². The van der Waals surface area contributed by atoms with Gasteiger partial charge in [0.1, 0.15) is 17.5 Å².